The van der Waals surface area contributed by atoms with Crippen molar-refractivity contribution in [2.45, 2.75) is 25.7 Å². The summed E-state index contributed by atoms with van der Waals surface area (Å²) in [6, 6.07) is 44.8. The molecule has 0 aliphatic carbocycles. The van der Waals surface area contributed by atoms with Crippen molar-refractivity contribution >= 4 is 21.5 Å². The van der Waals surface area contributed by atoms with Gasteiger partial charge in [-0.15, -0.1) is 0 Å². The van der Waals surface area contributed by atoms with Crippen molar-refractivity contribution < 1.29 is 14.6 Å². The molecule has 0 fully saturated rings. The highest BCUT2D eigenvalue weighted by atomic mass is 16.5. The second-order valence-electron chi connectivity index (χ2n) is 10.8. The van der Waals surface area contributed by atoms with Crippen molar-refractivity contribution in [3.63, 3.8) is 0 Å². The average Bonchev–Trinajstić information content (AvgIpc) is 3.06. The Morgan fingerprint density at radius 3 is 1.60 bits per heavy atom. The normalized spacial score (nSPS) is 12.7. The number of benzene rings is 6. The summed E-state index contributed by atoms with van der Waals surface area (Å²) < 4.78 is 12.8. The molecule has 42 heavy (non-hydrogen) atoms. The van der Waals surface area contributed by atoms with Crippen LogP contribution in [0.1, 0.15) is 37.0 Å². The van der Waals surface area contributed by atoms with Gasteiger partial charge in [0.2, 0.25) is 0 Å². The largest absolute Gasteiger partial charge is 0.493 e. The lowest BCUT2D eigenvalue weighted by Gasteiger charge is -2.36. The van der Waals surface area contributed by atoms with Crippen LogP contribution in [0.3, 0.4) is 0 Å². The van der Waals surface area contributed by atoms with E-state index in [1.54, 1.807) is 0 Å². The highest BCUT2D eigenvalue weighted by molar-refractivity contribution is 5.95. The van der Waals surface area contributed by atoms with Gasteiger partial charge in [-0.2, -0.15) is 0 Å². The van der Waals surface area contributed by atoms with Crippen molar-refractivity contribution in [1.29, 1.82) is 0 Å². The molecule has 3 nitrogen and oxygen atoms in total. The highest BCUT2D eigenvalue weighted by Gasteiger charge is 2.39. The van der Waals surface area contributed by atoms with E-state index in [1.165, 1.54) is 5.56 Å². The fraction of sp³-hybridized carbons (Fsp3) is 0.179. The van der Waals surface area contributed by atoms with E-state index in [-0.39, 0.29) is 13.2 Å². The summed E-state index contributed by atoms with van der Waals surface area (Å²) in [5, 5.41) is 14.3. The molecule has 210 valence electrons. The summed E-state index contributed by atoms with van der Waals surface area (Å²) in [7, 11) is 0. The smallest absolute Gasteiger partial charge is 0.124 e. The lowest BCUT2D eigenvalue weighted by atomic mass is 9.67. The summed E-state index contributed by atoms with van der Waals surface area (Å²) in [6.07, 6.45) is 0.911. The highest BCUT2D eigenvalue weighted by Crippen LogP contribution is 2.51. The van der Waals surface area contributed by atoms with Gasteiger partial charge >= 0.3 is 0 Å². The minimum Gasteiger partial charge on any atom is -0.493 e. The van der Waals surface area contributed by atoms with Crippen LogP contribution in [0, 0.1) is 0 Å². The Hall–Kier alpha value is -4.60. The fourth-order valence-electron chi connectivity index (χ4n) is 6.18. The SMILES string of the molecule is CCCOc1ccc2ccccc2c1C(C)(c1ccc(-c2ccccc2)cc1)c1c(OCCO)ccc2ccccc12. The van der Waals surface area contributed by atoms with Gasteiger partial charge in [0.15, 0.2) is 0 Å². The second-order valence-corrected chi connectivity index (χ2v) is 10.8. The number of aliphatic hydroxyl groups is 1. The van der Waals surface area contributed by atoms with Gasteiger partial charge in [-0.1, -0.05) is 122 Å². The first-order valence-corrected chi connectivity index (χ1v) is 14.7. The molecule has 6 aromatic carbocycles. The molecule has 6 rings (SSSR count). The number of hydrogen-bond acceptors (Lipinski definition) is 3. The molecule has 0 radical (unpaired) electrons. The van der Waals surface area contributed by atoms with Crippen LogP contribution in [0.5, 0.6) is 11.5 Å². The maximum atomic E-state index is 9.74. The first-order valence-electron chi connectivity index (χ1n) is 14.7. The predicted molar refractivity (Wildman–Crippen MR) is 174 cm³/mol. The van der Waals surface area contributed by atoms with Crippen LogP contribution in [0.2, 0.25) is 0 Å². The van der Waals surface area contributed by atoms with Crippen LogP contribution in [-0.4, -0.2) is 24.9 Å². The Labute approximate surface area is 248 Å². The Balaban J connectivity index is 1.71. The quantitative estimate of drug-likeness (QED) is 0.172. The summed E-state index contributed by atoms with van der Waals surface area (Å²) in [5.41, 5.74) is 4.96. The number of rotatable bonds is 10. The molecule has 3 heteroatoms. The van der Waals surface area contributed by atoms with Crippen LogP contribution in [0.25, 0.3) is 32.7 Å². The molecule has 0 aliphatic rings. The van der Waals surface area contributed by atoms with Crippen molar-refractivity contribution in [1.82, 2.24) is 0 Å². The minimum atomic E-state index is -0.676. The lowest BCUT2D eigenvalue weighted by Crippen LogP contribution is -2.28. The summed E-state index contributed by atoms with van der Waals surface area (Å²) in [6.45, 7) is 5.20. The van der Waals surface area contributed by atoms with Crippen LogP contribution in [-0.2, 0) is 5.41 Å². The molecule has 0 saturated heterocycles. The molecule has 6 aromatic rings. The van der Waals surface area contributed by atoms with Crippen LogP contribution in [0.4, 0.5) is 0 Å². The summed E-state index contributed by atoms with van der Waals surface area (Å²) >= 11 is 0. The molecule has 1 atom stereocenters. The topological polar surface area (TPSA) is 38.7 Å². The third-order valence-electron chi connectivity index (χ3n) is 8.16. The standard InChI is InChI=1S/C39H36O3/c1-3-26-41-35-23-19-30-13-7-9-15-33(30)37(35)39(2,32-21-17-29(18-22-32)28-11-5-4-6-12-28)38-34-16-10-8-14-31(34)20-24-36(38)42-27-25-40/h4-24,40H,3,25-27H2,1-2H3. The van der Waals surface area contributed by atoms with Crippen LogP contribution < -0.4 is 9.47 Å². The fourth-order valence-corrected chi connectivity index (χ4v) is 6.18. The van der Waals surface area contributed by atoms with Crippen molar-refractivity contribution in [2.24, 2.45) is 0 Å². The Bertz CT molecular complexity index is 1710. The van der Waals surface area contributed by atoms with Crippen molar-refractivity contribution in [3.05, 3.63) is 144 Å². The molecule has 1 N–H and O–H groups in total. The molecule has 0 amide bonds. The van der Waals surface area contributed by atoms with Crippen LogP contribution in [0.15, 0.2) is 127 Å². The number of hydrogen-bond donors (Lipinski definition) is 1. The molecule has 0 heterocycles. The molecule has 0 saturated carbocycles. The van der Waals surface area contributed by atoms with Gasteiger partial charge in [0.05, 0.1) is 18.6 Å². The average molecular weight is 553 g/mol. The zero-order valence-electron chi connectivity index (χ0n) is 24.2. The zero-order valence-corrected chi connectivity index (χ0v) is 24.2. The Morgan fingerprint density at radius 2 is 1.05 bits per heavy atom. The van der Waals surface area contributed by atoms with E-state index in [0.29, 0.717) is 6.61 Å². The van der Waals surface area contributed by atoms with Gasteiger partial charge in [0.1, 0.15) is 18.1 Å². The van der Waals surface area contributed by atoms with E-state index in [2.05, 4.69) is 129 Å². The summed E-state index contributed by atoms with van der Waals surface area (Å²) in [4.78, 5) is 0. The number of aliphatic hydroxyl groups excluding tert-OH is 1. The number of fused-ring (bicyclic) bond motifs is 2. The van der Waals surface area contributed by atoms with Gasteiger partial charge in [-0.25, -0.2) is 0 Å². The predicted octanol–water partition coefficient (Wildman–Crippen LogP) is 9.17. The molecule has 0 aliphatic heterocycles. The third-order valence-corrected chi connectivity index (χ3v) is 8.16. The maximum Gasteiger partial charge on any atom is 0.124 e. The van der Waals surface area contributed by atoms with E-state index in [1.807, 2.05) is 12.1 Å². The van der Waals surface area contributed by atoms with Crippen molar-refractivity contribution in [2.75, 3.05) is 19.8 Å². The number of ether oxygens (including phenoxy) is 2. The second kappa shape index (κ2) is 12.1. The molecule has 0 spiro atoms. The molecule has 1 unspecified atom stereocenters. The van der Waals surface area contributed by atoms with E-state index in [9.17, 15) is 5.11 Å². The molecule has 0 aromatic heterocycles. The van der Waals surface area contributed by atoms with Gasteiger partial charge < -0.3 is 14.6 Å². The first-order chi connectivity index (χ1) is 20.6. The summed E-state index contributed by atoms with van der Waals surface area (Å²) in [5.74, 6) is 1.62. The Morgan fingerprint density at radius 1 is 0.548 bits per heavy atom. The maximum absolute atomic E-state index is 9.74. The van der Waals surface area contributed by atoms with Crippen molar-refractivity contribution in [3.8, 4) is 22.6 Å². The van der Waals surface area contributed by atoms with Gasteiger partial charge in [-0.05, 0) is 63.7 Å². The van der Waals surface area contributed by atoms with Gasteiger partial charge in [0.25, 0.3) is 0 Å². The first kappa shape index (κ1) is 27.6. The lowest BCUT2D eigenvalue weighted by molar-refractivity contribution is 0.199. The van der Waals surface area contributed by atoms with E-state index in [4.69, 9.17) is 9.47 Å². The van der Waals surface area contributed by atoms with E-state index >= 15 is 0 Å². The molecular formula is C39H36O3. The van der Waals surface area contributed by atoms with E-state index < -0.39 is 5.41 Å². The van der Waals surface area contributed by atoms with Gasteiger partial charge in [-0.3, -0.25) is 0 Å². The minimum absolute atomic E-state index is 0.0616. The third kappa shape index (κ3) is 5.01. The monoisotopic (exact) mass is 552 g/mol. The zero-order chi connectivity index (χ0) is 28.9. The van der Waals surface area contributed by atoms with Gasteiger partial charge in [0, 0.05) is 11.1 Å². The van der Waals surface area contributed by atoms with E-state index in [0.717, 1.165) is 61.7 Å². The molecular weight excluding hydrogens is 516 g/mol. The Kier molecular flexibility index (Phi) is 7.94. The molecule has 0 bridgehead atoms. The van der Waals surface area contributed by atoms with Crippen LogP contribution >= 0.6 is 0 Å².